The first kappa shape index (κ1) is 18.9. The molecule has 0 bridgehead atoms. The number of nitrogens with zero attached hydrogens (tertiary/aromatic N) is 4. The molecule has 0 unspecified atom stereocenters. The van der Waals surface area contributed by atoms with Gasteiger partial charge in [-0.1, -0.05) is 24.3 Å². The SMILES string of the molecule is CS(=O)(=O)c1nc(C(=O)NCCc2cnn(-c3ccccc3)c2)c2ccccn12. The summed E-state index contributed by atoms with van der Waals surface area (Å²) in [6.07, 6.45) is 6.90. The van der Waals surface area contributed by atoms with Crippen molar-refractivity contribution in [3.8, 4) is 5.69 Å². The van der Waals surface area contributed by atoms with Crippen molar-refractivity contribution in [1.29, 1.82) is 0 Å². The minimum atomic E-state index is -3.57. The zero-order valence-electron chi connectivity index (χ0n) is 15.7. The van der Waals surface area contributed by atoms with E-state index in [2.05, 4.69) is 15.4 Å². The second-order valence-electron chi connectivity index (χ2n) is 6.61. The fraction of sp³-hybridized carbons (Fsp3) is 0.150. The number of aromatic nitrogens is 4. The summed E-state index contributed by atoms with van der Waals surface area (Å²) in [7, 11) is -3.57. The maximum atomic E-state index is 12.6. The highest BCUT2D eigenvalue weighted by Gasteiger charge is 2.22. The average Bonchev–Trinajstić information content (AvgIpc) is 3.33. The van der Waals surface area contributed by atoms with Gasteiger partial charge in [-0.25, -0.2) is 18.1 Å². The van der Waals surface area contributed by atoms with Crippen LogP contribution in [0.3, 0.4) is 0 Å². The molecule has 0 saturated heterocycles. The molecule has 0 aliphatic heterocycles. The molecule has 4 rings (SSSR count). The predicted molar refractivity (Wildman–Crippen MR) is 108 cm³/mol. The third-order valence-electron chi connectivity index (χ3n) is 4.42. The molecular formula is C20H19N5O3S. The van der Waals surface area contributed by atoms with E-state index in [0.29, 0.717) is 18.5 Å². The van der Waals surface area contributed by atoms with E-state index >= 15 is 0 Å². The maximum Gasteiger partial charge on any atom is 0.272 e. The lowest BCUT2D eigenvalue weighted by Crippen LogP contribution is -2.26. The van der Waals surface area contributed by atoms with E-state index in [0.717, 1.165) is 17.5 Å². The van der Waals surface area contributed by atoms with Crippen molar-refractivity contribution in [2.45, 2.75) is 11.6 Å². The number of sulfone groups is 1. The van der Waals surface area contributed by atoms with Gasteiger partial charge >= 0.3 is 0 Å². The number of fused-ring (bicyclic) bond motifs is 1. The minimum Gasteiger partial charge on any atom is -0.350 e. The van der Waals surface area contributed by atoms with Crippen molar-refractivity contribution in [1.82, 2.24) is 24.5 Å². The zero-order valence-corrected chi connectivity index (χ0v) is 16.5. The van der Waals surface area contributed by atoms with Crippen LogP contribution in [-0.4, -0.2) is 46.3 Å². The summed E-state index contributed by atoms with van der Waals surface area (Å²) in [6, 6.07) is 14.8. The number of amides is 1. The summed E-state index contributed by atoms with van der Waals surface area (Å²) < 4.78 is 27.1. The lowest BCUT2D eigenvalue weighted by molar-refractivity contribution is 0.0951. The minimum absolute atomic E-state index is 0.0889. The number of hydrogen-bond donors (Lipinski definition) is 1. The zero-order chi connectivity index (χ0) is 20.4. The third-order valence-corrected chi connectivity index (χ3v) is 5.37. The van der Waals surface area contributed by atoms with Gasteiger partial charge in [0.1, 0.15) is 0 Å². The molecule has 9 heteroatoms. The molecule has 0 saturated carbocycles. The molecule has 8 nitrogen and oxygen atoms in total. The number of para-hydroxylation sites is 1. The van der Waals surface area contributed by atoms with Crippen LogP contribution >= 0.6 is 0 Å². The van der Waals surface area contributed by atoms with E-state index in [9.17, 15) is 13.2 Å². The van der Waals surface area contributed by atoms with E-state index in [1.54, 1.807) is 35.3 Å². The highest BCUT2D eigenvalue weighted by Crippen LogP contribution is 2.17. The van der Waals surface area contributed by atoms with Crippen molar-refractivity contribution >= 4 is 21.3 Å². The molecule has 3 heterocycles. The summed E-state index contributed by atoms with van der Waals surface area (Å²) in [6.45, 7) is 0.374. The standard InChI is InChI=1S/C20H19N5O3S/c1-29(27,28)20-23-18(17-9-5-6-12-24(17)20)19(26)21-11-10-15-13-22-25(14-15)16-7-3-2-4-8-16/h2-9,12-14H,10-11H2,1H3,(H,21,26). The first-order valence-electron chi connectivity index (χ1n) is 8.98. The average molecular weight is 409 g/mol. The number of carbonyl (C=O) groups excluding carboxylic acids is 1. The van der Waals surface area contributed by atoms with Gasteiger partial charge in [0.05, 0.1) is 17.4 Å². The molecule has 1 N–H and O–H groups in total. The number of hydrogen-bond acceptors (Lipinski definition) is 5. The number of rotatable bonds is 6. The molecule has 0 atom stereocenters. The Kier molecular flexibility index (Phi) is 4.89. The van der Waals surface area contributed by atoms with E-state index in [1.807, 2.05) is 36.5 Å². The van der Waals surface area contributed by atoms with Crippen molar-refractivity contribution < 1.29 is 13.2 Å². The molecule has 3 aromatic heterocycles. The molecule has 1 amide bonds. The summed E-state index contributed by atoms with van der Waals surface area (Å²) in [5.41, 5.74) is 2.47. The van der Waals surface area contributed by atoms with Gasteiger partial charge in [-0.2, -0.15) is 5.10 Å². The summed E-state index contributed by atoms with van der Waals surface area (Å²) in [5.74, 6) is -0.418. The van der Waals surface area contributed by atoms with Gasteiger partial charge in [-0.3, -0.25) is 9.20 Å². The van der Waals surface area contributed by atoms with Crippen LogP contribution in [0.1, 0.15) is 16.1 Å². The monoisotopic (exact) mass is 409 g/mol. The van der Waals surface area contributed by atoms with Crippen LogP contribution in [0, 0.1) is 0 Å². The van der Waals surface area contributed by atoms with Crippen LogP contribution < -0.4 is 5.32 Å². The fourth-order valence-electron chi connectivity index (χ4n) is 3.05. The second kappa shape index (κ2) is 7.51. The van der Waals surface area contributed by atoms with Crippen molar-refractivity contribution in [3.05, 3.63) is 78.4 Å². The van der Waals surface area contributed by atoms with Gasteiger partial charge in [0.15, 0.2) is 5.69 Å². The molecule has 0 aliphatic rings. The van der Waals surface area contributed by atoms with Crippen molar-refractivity contribution in [2.24, 2.45) is 0 Å². The van der Waals surface area contributed by atoms with Crippen LogP contribution in [0.5, 0.6) is 0 Å². The van der Waals surface area contributed by atoms with Crippen LogP contribution in [0.4, 0.5) is 0 Å². The van der Waals surface area contributed by atoms with Crippen molar-refractivity contribution in [3.63, 3.8) is 0 Å². The highest BCUT2D eigenvalue weighted by atomic mass is 32.2. The van der Waals surface area contributed by atoms with E-state index in [1.165, 1.54) is 4.40 Å². The molecule has 4 aromatic rings. The molecule has 29 heavy (non-hydrogen) atoms. The molecule has 0 aliphatic carbocycles. The number of imidazole rings is 1. The summed E-state index contributed by atoms with van der Waals surface area (Å²) >= 11 is 0. The van der Waals surface area contributed by atoms with Gasteiger partial charge in [0, 0.05) is 25.2 Å². The van der Waals surface area contributed by atoms with E-state index in [4.69, 9.17) is 0 Å². The second-order valence-corrected chi connectivity index (χ2v) is 8.52. The lowest BCUT2D eigenvalue weighted by Gasteiger charge is -2.03. The van der Waals surface area contributed by atoms with E-state index in [-0.39, 0.29) is 10.9 Å². The molecule has 148 valence electrons. The molecule has 0 radical (unpaired) electrons. The molecule has 0 fully saturated rings. The largest absolute Gasteiger partial charge is 0.350 e. The van der Waals surface area contributed by atoms with Gasteiger partial charge in [0.25, 0.3) is 5.91 Å². The van der Waals surface area contributed by atoms with Crippen LogP contribution in [0.25, 0.3) is 11.2 Å². The highest BCUT2D eigenvalue weighted by molar-refractivity contribution is 7.90. The number of carbonyl (C=O) groups is 1. The smallest absolute Gasteiger partial charge is 0.272 e. The van der Waals surface area contributed by atoms with Crippen LogP contribution in [0.2, 0.25) is 0 Å². The first-order valence-corrected chi connectivity index (χ1v) is 10.9. The molecular weight excluding hydrogens is 390 g/mol. The van der Waals surface area contributed by atoms with Gasteiger partial charge in [-0.05, 0) is 36.2 Å². The summed E-state index contributed by atoms with van der Waals surface area (Å²) in [4.78, 5) is 16.7. The van der Waals surface area contributed by atoms with Gasteiger partial charge in [-0.15, -0.1) is 0 Å². The Hall–Kier alpha value is -3.46. The Morgan fingerprint density at radius 1 is 1.10 bits per heavy atom. The van der Waals surface area contributed by atoms with Crippen LogP contribution in [-0.2, 0) is 16.3 Å². The maximum absolute atomic E-state index is 12.6. The molecule has 0 spiro atoms. The predicted octanol–water partition coefficient (Wildman–Crippen LogP) is 1.90. The number of benzene rings is 1. The third kappa shape index (κ3) is 3.90. The first-order chi connectivity index (χ1) is 13.9. The normalized spacial score (nSPS) is 11.6. The lowest BCUT2D eigenvalue weighted by atomic mass is 10.2. The Labute approximate surface area is 167 Å². The van der Waals surface area contributed by atoms with Gasteiger partial charge < -0.3 is 5.32 Å². The van der Waals surface area contributed by atoms with E-state index < -0.39 is 15.7 Å². The number of nitrogens with one attached hydrogen (secondary N) is 1. The summed E-state index contributed by atoms with van der Waals surface area (Å²) in [5, 5.41) is 6.99. The quantitative estimate of drug-likeness (QED) is 0.524. The van der Waals surface area contributed by atoms with Crippen LogP contribution in [0.15, 0.2) is 72.3 Å². The number of pyridine rings is 1. The fourth-order valence-corrected chi connectivity index (χ4v) is 3.83. The van der Waals surface area contributed by atoms with Gasteiger partial charge in [0.2, 0.25) is 15.0 Å². The topological polar surface area (TPSA) is 98.4 Å². The Morgan fingerprint density at radius 2 is 1.86 bits per heavy atom. The Morgan fingerprint density at radius 3 is 2.62 bits per heavy atom. The van der Waals surface area contributed by atoms with Crippen molar-refractivity contribution in [2.75, 3.05) is 12.8 Å². The molecule has 1 aromatic carbocycles. The Balaban J connectivity index is 1.47. The Bertz CT molecular complexity index is 1280.